The average molecular weight is 303 g/mol. The number of likely N-dealkylation sites (tertiary alicyclic amines) is 1. The number of piperazine rings is 1. The summed E-state index contributed by atoms with van der Waals surface area (Å²) < 4.78 is 5.41. The average Bonchev–Trinajstić information content (AvgIpc) is 2.61. The Balaban J connectivity index is 1.41. The van der Waals surface area contributed by atoms with E-state index >= 15 is 0 Å². The van der Waals surface area contributed by atoms with E-state index in [-0.39, 0.29) is 6.09 Å². The van der Waals surface area contributed by atoms with Crippen molar-refractivity contribution in [2.75, 3.05) is 39.3 Å². The standard InChI is InChI=1S/C17H25N3O2/c21-17(22-14-15-4-2-1-3-5-15)20-10-6-16(7-11-20)19-12-8-18-9-13-19/h1-5,16,18H,6-14H2. The van der Waals surface area contributed by atoms with E-state index in [2.05, 4.69) is 10.2 Å². The van der Waals surface area contributed by atoms with Gasteiger partial charge in [-0.15, -0.1) is 0 Å². The molecule has 1 N–H and O–H groups in total. The van der Waals surface area contributed by atoms with Crippen LogP contribution in [0.15, 0.2) is 30.3 Å². The lowest BCUT2D eigenvalue weighted by molar-refractivity contribution is 0.0647. The van der Waals surface area contributed by atoms with Crippen molar-refractivity contribution in [2.24, 2.45) is 0 Å². The molecule has 1 aromatic carbocycles. The number of hydrogen-bond donors (Lipinski definition) is 1. The summed E-state index contributed by atoms with van der Waals surface area (Å²) in [5, 5.41) is 3.39. The third-order valence-corrected chi connectivity index (χ3v) is 4.60. The lowest BCUT2D eigenvalue weighted by Crippen LogP contribution is -2.52. The van der Waals surface area contributed by atoms with E-state index in [1.54, 1.807) is 0 Å². The van der Waals surface area contributed by atoms with Crippen molar-refractivity contribution in [1.29, 1.82) is 0 Å². The number of nitrogens with one attached hydrogen (secondary N) is 1. The molecule has 0 aliphatic carbocycles. The largest absolute Gasteiger partial charge is 0.445 e. The van der Waals surface area contributed by atoms with Crippen LogP contribution in [0, 0.1) is 0 Å². The van der Waals surface area contributed by atoms with Crippen LogP contribution >= 0.6 is 0 Å². The Hall–Kier alpha value is -1.59. The van der Waals surface area contributed by atoms with Crippen molar-refractivity contribution < 1.29 is 9.53 Å². The van der Waals surface area contributed by atoms with Gasteiger partial charge in [0, 0.05) is 45.3 Å². The third-order valence-electron chi connectivity index (χ3n) is 4.60. The first-order chi connectivity index (χ1) is 10.8. The summed E-state index contributed by atoms with van der Waals surface area (Å²) in [6, 6.07) is 10.5. The molecular formula is C17H25N3O2. The molecular weight excluding hydrogens is 278 g/mol. The molecule has 2 saturated heterocycles. The van der Waals surface area contributed by atoms with Crippen molar-refractivity contribution in [3.63, 3.8) is 0 Å². The van der Waals surface area contributed by atoms with Gasteiger partial charge in [-0.3, -0.25) is 4.90 Å². The summed E-state index contributed by atoms with van der Waals surface area (Å²) in [4.78, 5) is 16.5. The molecule has 0 radical (unpaired) electrons. The van der Waals surface area contributed by atoms with Gasteiger partial charge >= 0.3 is 6.09 Å². The normalized spacial score (nSPS) is 20.8. The van der Waals surface area contributed by atoms with E-state index in [0.717, 1.165) is 57.7 Å². The van der Waals surface area contributed by atoms with E-state index in [4.69, 9.17) is 4.74 Å². The van der Waals surface area contributed by atoms with Crippen molar-refractivity contribution in [1.82, 2.24) is 15.1 Å². The van der Waals surface area contributed by atoms with Crippen LogP contribution in [0.25, 0.3) is 0 Å². The topological polar surface area (TPSA) is 44.8 Å². The minimum Gasteiger partial charge on any atom is -0.445 e. The number of ether oxygens (including phenoxy) is 1. The Labute approximate surface area is 132 Å². The fraction of sp³-hybridized carbons (Fsp3) is 0.588. The van der Waals surface area contributed by atoms with E-state index < -0.39 is 0 Å². The summed E-state index contributed by atoms with van der Waals surface area (Å²) in [5.41, 5.74) is 1.03. The quantitative estimate of drug-likeness (QED) is 0.923. The second-order valence-corrected chi connectivity index (χ2v) is 6.04. The van der Waals surface area contributed by atoms with Crippen LogP contribution in [0.2, 0.25) is 0 Å². The molecule has 2 heterocycles. The molecule has 2 aliphatic rings. The van der Waals surface area contributed by atoms with Gasteiger partial charge in [-0.05, 0) is 18.4 Å². The maximum Gasteiger partial charge on any atom is 0.410 e. The molecule has 0 bridgehead atoms. The molecule has 5 heteroatoms. The van der Waals surface area contributed by atoms with Gasteiger partial charge in [-0.1, -0.05) is 30.3 Å². The van der Waals surface area contributed by atoms with Crippen molar-refractivity contribution >= 4 is 6.09 Å². The molecule has 1 amide bonds. The maximum absolute atomic E-state index is 12.1. The Kier molecular flexibility index (Phi) is 5.29. The van der Waals surface area contributed by atoms with Crippen molar-refractivity contribution in [2.45, 2.75) is 25.5 Å². The first kappa shape index (κ1) is 15.3. The maximum atomic E-state index is 12.1. The molecule has 3 rings (SSSR count). The highest BCUT2D eigenvalue weighted by Gasteiger charge is 2.28. The minimum atomic E-state index is -0.178. The molecule has 120 valence electrons. The van der Waals surface area contributed by atoms with Crippen molar-refractivity contribution in [3.8, 4) is 0 Å². The number of piperidine rings is 1. The van der Waals surface area contributed by atoms with Gasteiger partial charge in [0.1, 0.15) is 6.61 Å². The van der Waals surface area contributed by atoms with Crippen LogP contribution in [0.3, 0.4) is 0 Å². The van der Waals surface area contributed by atoms with Crippen LogP contribution in [0.1, 0.15) is 18.4 Å². The minimum absolute atomic E-state index is 0.178. The van der Waals surface area contributed by atoms with Crippen LogP contribution in [0.4, 0.5) is 4.79 Å². The number of hydrogen-bond acceptors (Lipinski definition) is 4. The van der Waals surface area contributed by atoms with E-state index in [9.17, 15) is 4.79 Å². The van der Waals surface area contributed by atoms with Crippen LogP contribution in [-0.4, -0.2) is 61.2 Å². The molecule has 0 spiro atoms. The smallest absolute Gasteiger partial charge is 0.410 e. The Morgan fingerprint density at radius 3 is 2.45 bits per heavy atom. The van der Waals surface area contributed by atoms with Gasteiger partial charge in [0.05, 0.1) is 0 Å². The SMILES string of the molecule is O=C(OCc1ccccc1)N1CCC(N2CCNCC2)CC1. The number of carbonyl (C=O) groups excluding carboxylic acids is 1. The second kappa shape index (κ2) is 7.61. The van der Waals surface area contributed by atoms with Gasteiger partial charge in [0.2, 0.25) is 0 Å². The number of benzene rings is 1. The van der Waals surface area contributed by atoms with Gasteiger partial charge in [0.25, 0.3) is 0 Å². The number of nitrogens with zero attached hydrogens (tertiary/aromatic N) is 2. The molecule has 0 unspecified atom stereocenters. The number of carbonyl (C=O) groups is 1. The zero-order valence-electron chi connectivity index (χ0n) is 13.0. The highest BCUT2D eigenvalue weighted by molar-refractivity contribution is 5.67. The molecule has 2 aliphatic heterocycles. The van der Waals surface area contributed by atoms with E-state index in [0.29, 0.717) is 12.6 Å². The fourth-order valence-corrected chi connectivity index (χ4v) is 3.27. The van der Waals surface area contributed by atoms with Gasteiger partial charge in [-0.25, -0.2) is 4.79 Å². The predicted molar refractivity (Wildman–Crippen MR) is 85.7 cm³/mol. The van der Waals surface area contributed by atoms with Crippen LogP contribution < -0.4 is 5.32 Å². The van der Waals surface area contributed by atoms with Gasteiger partial charge in [-0.2, -0.15) is 0 Å². The summed E-state index contributed by atoms with van der Waals surface area (Å²) in [5.74, 6) is 0. The number of rotatable bonds is 3. The summed E-state index contributed by atoms with van der Waals surface area (Å²) in [6.45, 7) is 6.40. The molecule has 0 atom stereocenters. The summed E-state index contributed by atoms with van der Waals surface area (Å²) >= 11 is 0. The monoisotopic (exact) mass is 303 g/mol. The fourth-order valence-electron chi connectivity index (χ4n) is 3.27. The second-order valence-electron chi connectivity index (χ2n) is 6.04. The summed E-state index contributed by atoms with van der Waals surface area (Å²) in [7, 11) is 0. The molecule has 0 saturated carbocycles. The Bertz CT molecular complexity index is 466. The van der Waals surface area contributed by atoms with Gasteiger partial charge < -0.3 is 15.0 Å². The van der Waals surface area contributed by atoms with E-state index in [1.807, 2.05) is 35.2 Å². The van der Waals surface area contributed by atoms with Crippen molar-refractivity contribution in [3.05, 3.63) is 35.9 Å². The lowest BCUT2D eigenvalue weighted by atomic mass is 10.0. The molecule has 5 nitrogen and oxygen atoms in total. The molecule has 0 aromatic heterocycles. The lowest BCUT2D eigenvalue weighted by Gasteiger charge is -2.39. The zero-order valence-corrected chi connectivity index (χ0v) is 13.0. The highest BCUT2D eigenvalue weighted by Crippen LogP contribution is 2.18. The highest BCUT2D eigenvalue weighted by atomic mass is 16.6. The first-order valence-corrected chi connectivity index (χ1v) is 8.23. The Morgan fingerprint density at radius 2 is 1.77 bits per heavy atom. The molecule has 2 fully saturated rings. The Morgan fingerprint density at radius 1 is 1.09 bits per heavy atom. The summed E-state index contributed by atoms with van der Waals surface area (Å²) in [6.07, 6.45) is 1.93. The van der Waals surface area contributed by atoms with Crippen LogP contribution in [-0.2, 0) is 11.3 Å². The first-order valence-electron chi connectivity index (χ1n) is 8.23. The number of amides is 1. The molecule has 1 aromatic rings. The van der Waals surface area contributed by atoms with Crippen LogP contribution in [0.5, 0.6) is 0 Å². The van der Waals surface area contributed by atoms with Gasteiger partial charge in [0.15, 0.2) is 0 Å². The predicted octanol–water partition coefficient (Wildman–Crippen LogP) is 1.69. The molecule has 22 heavy (non-hydrogen) atoms. The zero-order chi connectivity index (χ0) is 15.2. The van der Waals surface area contributed by atoms with E-state index in [1.165, 1.54) is 0 Å². The third kappa shape index (κ3) is 3.99.